The summed E-state index contributed by atoms with van der Waals surface area (Å²) in [5, 5.41) is 22.5. The highest BCUT2D eigenvalue weighted by atomic mass is 35.5. The lowest BCUT2D eigenvalue weighted by molar-refractivity contribution is 0.0916. The maximum atomic E-state index is 12.6. The van der Waals surface area contributed by atoms with Crippen LogP contribution in [0.3, 0.4) is 0 Å². The first-order chi connectivity index (χ1) is 15.1. The Morgan fingerprint density at radius 3 is 2.65 bits per heavy atom. The van der Waals surface area contributed by atoms with Crippen molar-refractivity contribution in [3.63, 3.8) is 0 Å². The third kappa shape index (κ3) is 4.10. The Hall–Kier alpha value is -2.70. The van der Waals surface area contributed by atoms with Crippen molar-refractivity contribution in [2.24, 2.45) is 17.8 Å². The number of hydrogen-bond donors (Lipinski definition) is 2. The van der Waals surface area contributed by atoms with Crippen LogP contribution < -0.4 is 10.1 Å². The number of amides is 1. The van der Waals surface area contributed by atoms with Crippen molar-refractivity contribution >= 4 is 28.4 Å². The molecule has 0 radical (unpaired) electrons. The van der Waals surface area contributed by atoms with E-state index in [1.165, 1.54) is 0 Å². The summed E-state index contributed by atoms with van der Waals surface area (Å²) >= 11 is 5.92. The number of fused-ring (bicyclic) bond motifs is 2. The minimum atomic E-state index is -0.123. The molecule has 2 saturated carbocycles. The first kappa shape index (κ1) is 20.2. The van der Waals surface area contributed by atoms with Crippen LogP contribution in [0.1, 0.15) is 29.6 Å². The molecule has 2 aliphatic rings. The summed E-state index contributed by atoms with van der Waals surface area (Å²) in [4.78, 5) is 12.6. The van der Waals surface area contributed by atoms with E-state index in [0.29, 0.717) is 34.8 Å². The second-order valence-corrected chi connectivity index (χ2v) is 8.88. The Balaban J connectivity index is 1.21. The molecule has 3 atom stereocenters. The Bertz CT molecular complexity index is 1070. The molecule has 5 rings (SSSR count). The van der Waals surface area contributed by atoms with Crippen molar-refractivity contribution in [2.45, 2.75) is 31.4 Å². The lowest BCUT2D eigenvalue weighted by Gasteiger charge is -2.23. The van der Waals surface area contributed by atoms with Crippen molar-refractivity contribution in [2.75, 3.05) is 6.61 Å². The first-order valence-electron chi connectivity index (χ1n) is 10.7. The molecule has 3 unspecified atom stereocenters. The minimum Gasteiger partial charge on any atom is -0.488 e. The van der Waals surface area contributed by atoms with E-state index in [9.17, 15) is 9.90 Å². The zero-order chi connectivity index (χ0) is 21.4. The summed E-state index contributed by atoms with van der Waals surface area (Å²) in [7, 11) is 0. The monoisotopic (exact) mass is 437 g/mol. The van der Waals surface area contributed by atoms with Crippen LogP contribution in [0.5, 0.6) is 5.75 Å². The third-order valence-electron chi connectivity index (χ3n) is 6.60. The zero-order valence-corrected chi connectivity index (χ0v) is 17.7. The lowest BCUT2D eigenvalue weighted by atomic mass is 9.99. The molecule has 2 aromatic carbocycles. The van der Waals surface area contributed by atoms with E-state index in [4.69, 9.17) is 16.3 Å². The van der Waals surface area contributed by atoms with Crippen LogP contribution in [0.15, 0.2) is 54.7 Å². The Kier molecular flexibility index (Phi) is 5.50. The minimum absolute atomic E-state index is 0.0347. The fourth-order valence-electron chi connectivity index (χ4n) is 5.14. The van der Waals surface area contributed by atoms with E-state index in [-0.39, 0.29) is 24.7 Å². The van der Waals surface area contributed by atoms with Gasteiger partial charge in [0.2, 0.25) is 0 Å². The fourth-order valence-corrected chi connectivity index (χ4v) is 5.27. The third-order valence-corrected chi connectivity index (χ3v) is 6.85. The van der Waals surface area contributed by atoms with E-state index in [1.54, 1.807) is 30.5 Å². The maximum absolute atomic E-state index is 12.6. The van der Waals surface area contributed by atoms with Gasteiger partial charge in [0.1, 0.15) is 5.75 Å². The van der Waals surface area contributed by atoms with Crippen molar-refractivity contribution in [1.82, 2.24) is 15.5 Å². The summed E-state index contributed by atoms with van der Waals surface area (Å²) in [6, 6.07) is 14.7. The van der Waals surface area contributed by atoms with Gasteiger partial charge < -0.3 is 15.2 Å². The van der Waals surface area contributed by atoms with Gasteiger partial charge in [-0.1, -0.05) is 23.7 Å². The number of aliphatic hydroxyl groups is 1. The molecule has 2 aliphatic carbocycles. The number of carbonyl (C=O) groups is 1. The second-order valence-electron chi connectivity index (χ2n) is 8.44. The van der Waals surface area contributed by atoms with E-state index in [2.05, 4.69) is 15.5 Å². The van der Waals surface area contributed by atoms with Gasteiger partial charge in [-0.2, -0.15) is 10.2 Å². The molecular formula is C24H24ClN3O3. The van der Waals surface area contributed by atoms with E-state index < -0.39 is 0 Å². The normalized spacial score (nSPS) is 25.1. The highest BCUT2D eigenvalue weighted by molar-refractivity contribution is 6.30. The van der Waals surface area contributed by atoms with Crippen molar-refractivity contribution < 1.29 is 14.6 Å². The summed E-state index contributed by atoms with van der Waals surface area (Å²) in [6.45, 7) is 0.0517. The predicted molar refractivity (Wildman–Crippen MR) is 118 cm³/mol. The van der Waals surface area contributed by atoms with Crippen molar-refractivity contribution in [3.05, 3.63) is 65.3 Å². The standard InChI is InChI=1S/C24H24ClN3O3/c25-15-7-5-14(6-8-15)24(30)27-21(9-10-29)23-18-11-16(12-19(18)23)31-22-13-26-28-20-4-2-1-3-17(20)22/h1-8,13,16,18-19,21,23,29H,9-12H2,(H,27,30). The molecule has 2 N–H and O–H groups in total. The Labute approximate surface area is 185 Å². The van der Waals surface area contributed by atoms with Crippen molar-refractivity contribution in [3.8, 4) is 5.75 Å². The molecule has 1 heterocycles. The van der Waals surface area contributed by atoms with E-state index >= 15 is 0 Å². The summed E-state index contributed by atoms with van der Waals surface area (Å²) in [6.07, 6.45) is 4.28. The average molecular weight is 438 g/mol. The van der Waals surface area contributed by atoms with Crippen molar-refractivity contribution in [1.29, 1.82) is 0 Å². The SMILES string of the molecule is O=C(NC(CCO)C1C2CC(Oc3cnnc4ccccc34)CC21)c1ccc(Cl)cc1. The molecule has 0 saturated heterocycles. The number of benzene rings is 2. The topological polar surface area (TPSA) is 84.3 Å². The van der Waals surface area contributed by atoms with Gasteiger partial charge in [0.25, 0.3) is 5.91 Å². The molecule has 7 heteroatoms. The van der Waals surface area contributed by atoms with E-state index in [0.717, 1.165) is 29.5 Å². The lowest BCUT2D eigenvalue weighted by Crippen LogP contribution is -2.39. The number of carbonyl (C=O) groups excluding carboxylic acids is 1. The van der Waals surface area contributed by atoms with Crippen LogP contribution in [0, 0.1) is 17.8 Å². The van der Waals surface area contributed by atoms with Crippen LogP contribution in [-0.4, -0.2) is 40.0 Å². The molecule has 0 aliphatic heterocycles. The molecular weight excluding hydrogens is 414 g/mol. The van der Waals surface area contributed by atoms with Crippen LogP contribution >= 0.6 is 11.6 Å². The highest BCUT2D eigenvalue weighted by Gasteiger charge is 2.59. The molecule has 3 aromatic rings. The van der Waals surface area contributed by atoms with Gasteiger partial charge in [0.05, 0.1) is 17.8 Å². The predicted octanol–water partition coefficient (Wildman–Crippen LogP) is 3.87. The Morgan fingerprint density at radius 2 is 1.90 bits per heavy atom. The van der Waals surface area contributed by atoms with Gasteiger partial charge in [-0.25, -0.2) is 0 Å². The number of nitrogens with one attached hydrogen (secondary N) is 1. The number of aromatic nitrogens is 2. The van der Waals surface area contributed by atoms with Crippen LogP contribution in [0.2, 0.25) is 5.02 Å². The van der Waals surface area contributed by atoms with Gasteiger partial charge in [-0.05, 0) is 73.4 Å². The van der Waals surface area contributed by atoms with Crippen LogP contribution in [0.4, 0.5) is 0 Å². The summed E-state index contributed by atoms with van der Waals surface area (Å²) in [5.74, 6) is 2.05. The van der Waals surface area contributed by atoms with Gasteiger partial charge in [-0.15, -0.1) is 0 Å². The first-order valence-corrected chi connectivity index (χ1v) is 11.1. The van der Waals surface area contributed by atoms with Gasteiger partial charge >= 0.3 is 0 Å². The number of ether oxygens (including phenoxy) is 1. The zero-order valence-electron chi connectivity index (χ0n) is 16.9. The largest absolute Gasteiger partial charge is 0.488 e. The van der Waals surface area contributed by atoms with Gasteiger partial charge in [0, 0.05) is 28.6 Å². The van der Waals surface area contributed by atoms with E-state index in [1.807, 2.05) is 24.3 Å². The Morgan fingerprint density at radius 1 is 1.16 bits per heavy atom. The number of nitrogens with zero attached hydrogens (tertiary/aromatic N) is 2. The van der Waals surface area contributed by atoms with Crippen LogP contribution in [0.25, 0.3) is 10.9 Å². The summed E-state index contributed by atoms with van der Waals surface area (Å²) < 4.78 is 6.29. The fraction of sp³-hybridized carbons (Fsp3) is 0.375. The number of rotatable bonds is 7. The molecule has 2 fully saturated rings. The molecule has 0 bridgehead atoms. The number of hydrogen-bond acceptors (Lipinski definition) is 5. The quantitative estimate of drug-likeness (QED) is 0.586. The molecule has 31 heavy (non-hydrogen) atoms. The molecule has 6 nitrogen and oxygen atoms in total. The maximum Gasteiger partial charge on any atom is 0.251 e. The second kappa shape index (κ2) is 8.44. The van der Waals surface area contributed by atoms with Gasteiger partial charge in [0.15, 0.2) is 0 Å². The van der Waals surface area contributed by atoms with Crippen LogP contribution in [-0.2, 0) is 0 Å². The number of halogens is 1. The molecule has 0 spiro atoms. The molecule has 160 valence electrons. The molecule has 1 aromatic heterocycles. The van der Waals surface area contributed by atoms with Gasteiger partial charge in [-0.3, -0.25) is 4.79 Å². The molecule has 1 amide bonds. The average Bonchev–Trinajstić information content (AvgIpc) is 3.28. The highest BCUT2D eigenvalue weighted by Crippen LogP contribution is 2.60. The summed E-state index contributed by atoms with van der Waals surface area (Å²) in [5.41, 5.74) is 1.41. The number of aliphatic hydroxyl groups excluding tert-OH is 1. The smallest absolute Gasteiger partial charge is 0.251 e.